The molecule has 0 aromatic heterocycles. The Morgan fingerprint density at radius 1 is 1.39 bits per heavy atom. The van der Waals surface area contributed by atoms with Gasteiger partial charge < -0.3 is 10.1 Å². The highest BCUT2D eigenvalue weighted by atomic mass is 79.9. The molecule has 1 aliphatic rings. The number of rotatable bonds is 5. The zero-order chi connectivity index (χ0) is 13.2. The molecule has 0 bridgehead atoms. The van der Waals surface area contributed by atoms with Gasteiger partial charge in [-0.15, -0.1) is 0 Å². The summed E-state index contributed by atoms with van der Waals surface area (Å²) in [5.41, 5.74) is 2.82. The van der Waals surface area contributed by atoms with E-state index in [1.165, 1.54) is 15.6 Å². The molecule has 0 radical (unpaired) electrons. The van der Waals surface area contributed by atoms with Gasteiger partial charge in [-0.05, 0) is 42.6 Å². The fourth-order valence-corrected chi connectivity index (χ4v) is 2.99. The van der Waals surface area contributed by atoms with Crippen molar-refractivity contribution in [3.8, 4) is 5.75 Å². The predicted molar refractivity (Wildman–Crippen MR) is 79.5 cm³/mol. The van der Waals surface area contributed by atoms with Crippen LogP contribution in [-0.2, 0) is 11.8 Å². The lowest BCUT2D eigenvalue weighted by Crippen LogP contribution is -2.25. The van der Waals surface area contributed by atoms with Gasteiger partial charge in [0, 0.05) is 16.5 Å². The fraction of sp³-hybridized carbons (Fsp3) is 0.600. The first-order chi connectivity index (χ1) is 8.54. The summed E-state index contributed by atoms with van der Waals surface area (Å²) in [7, 11) is 0. The Morgan fingerprint density at radius 2 is 2.17 bits per heavy atom. The Morgan fingerprint density at radius 3 is 2.89 bits per heavy atom. The van der Waals surface area contributed by atoms with Crippen LogP contribution in [0.25, 0.3) is 0 Å². The van der Waals surface area contributed by atoms with Gasteiger partial charge in [-0.2, -0.15) is 0 Å². The second-order valence-corrected chi connectivity index (χ2v) is 6.44. The van der Waals surface area contributed by atoms with Crippen molar-refractivity contribution in [2.75, 3.05) is 19.7 Å². The van der Waals surface area contributed by atoms with E-state index in [1.54, 1.807) is 0 Å². The molecular weight excluding hydrogens is 290 g/mol. The Balaban J connectivity index is 2.26. The highest BCUT2D eigenvalue weighted by Crippen LogP contribution is 2.41. The van der Waals surface area contributed by atoms with E-state index < -0.39 is 0 Å². The van der Waals surface area contributed by atoms with Crippen LogP contribution in [0.15, 0.2) is 16.6 Å². The van der Waals surface area contributed by atoms with Crippen molar-refractivity contribution in [2.24, 2.45) is 0 Å². The van der Waals surface area contributed by atoms with E-state index >= 15 is 0 Å². The SMILES string of the molecule is CCNCCC(C)(C)c1cc(Br)cc2c1OCC2. The summed E-state index contributed by atoms with van der Waals surface area (Å²) in [5.74, 6) is 1.12. The summed E-state index contributed by atoms with van der Waals surface area (Å²) in [5, 5.41) is 3.40. The standard InChI is InChI=1S/C15H22BrNO/c1-4-17-7-6-15(2,3)13-10-12(16)9-11-5-8-18-14(11)13/h9-10,17H,4-8H2,1-3H3. The molecule has 0 saturated carbocycles. The van der Waals surface area contributed by atoms with Gasteiger partial charge in [0.2, 0.25) is 0 Å². The molecule has 3 heteroatoms. The van der Waals surface area contributed by atoms with Crippen molar-refractivity contribution in [3.63, 3.8) is 0 Å². The third-order valence-electron chi connectivity index (χ3n) is 3.65. The van der Waals surface area contributed by atoms with Crippen molar-refractivity contribution in [1.82, 2.24) is 5.32 Å². The number of benzene rings is 1. The topological polar surface area (TPSA) is 21.3 Å². The van der Waals surface area contributed by atoms with E-state index in [2.05, 4.69) is 54.2 Å². The predicted octanol–water partition coefficient (Wildman–Crippen LogP) is 3.66. The molecule has 1 aliphatic heterocycles. The van der Waals surface area contributed by atoms with Gasteiger partial charge >= 0.3 is 0 Å². The lowest BCUT2D eigenvalue weighted by atomic mass is 9.80. The lowest BCUT2D eigenvalue weighted by molar-refractivity contribution is 0.341. The fourth-order valence-electron chi connectivity index (χ4n) is 2.48. The number of hydrogen-bond acceptors (Lipinski definition) is 2. The summed E-state index contributed by atoms with van der Waals surface area (Å²) in [6.45, 7) is 9.64. The van der Waals surface area contributed by atoms with Crippen LogP contribution in [0.1, 0.15) is 38.3 Å². The number of nitrogens with one attached hydrogen (secondary N) is 1. The minimum atomic E-state index is 0.139. The summed E-state index contributed by atoms with van der Waals surface area (Å²) < 4.78 is 7.00. The van der Waals surface area contributed by atoms with Gasteiger partial charge in [-0.1, -0.05) is 36.7 Å². The third-order valence-corrected chi connectivity index (χ3v) is 4.11. The molecule has 2 nitrogen and oxygen atoms in total. The largest absolute Gasteiger partial charge is 0.493 e. The maximum atomic E-state index is 5.84. The average Bonchev–Trinajstić information content (AvgIpc) is 2.75. The quantitative estimate of drug-likeness (QED) is 0.838. The minimum absolute atomic E-state index is 0.139. The molecule has 0 atom stereocenters. The maximum Gasteiger partial charge on any atom is 0.126 e. The molecule has 0 aliphatic carbocycles. The van der Waals surface area contributed by atoms with E-state index in [1.807, 2.05) is 0 Å². The van der Waals surface area contributed by atoms with Crippen LogP contribution in [0, 0.1) is 0 Å². The first kappa shape index (κ1) is 13.9. The second-order valence-electron chi connectivity index (χ2n) is 5.53. The zero-order valence-corrected chi connectivity index (χ0v) is 13.1. The number of ether oxygens (including phenoxy) is 1. The molecule has 1 heterocycles. The first-order valence-electron chi connectivity index (χ1n) is 6.71. The highest BCUT2D eigenvalue weighted by Gasteiger charge is 2.28. The Bertz CT molecular complexity index is 429. The van der Waals surface area contributed by atoms with Crippen LogP contribution < -0.4 is 10.1 Å². The van der Waals surface area contributed by atoms with E-state index in [-0.39, 0.29) is 5.41 Å². The Kier molecular flexibility index (Phi) is 4.33. The first-order valence-corrected chi connectivity index (χ1v) is 7.50. The van der Waals surface area contributed by atoms with E-state index in [0.717, 1.165) is 38.3 Å². The van der Waals surface area contributed by atoms with Crippen LogP contribution in [0.2, 0.25) is 0 Å². The smallest absolute Gasteiger partial charge is 0.126 e. The summed E-state index contributed by atoms with van der Waals surface area (Å²) in [6.07, 6.45) is 2.15. The van der Waals surface area contributed by atoms with Crippen LogP contribution in [0.3, 0.4) is 0 Å². The van der Waals surface area contributed by atoms with Gasteiger partial charge in [0.15, 0.2) is 0 Å². The molecule has 1 aromatic rings. The molecule has 0 unspecified atom stereocenters. The molecule has 18 heavy (non-hydrogen) atoms. The molecule has 0 amide bonds. The normalized spacial score (nSPS) is 14.4. The summed E-state index contributed by atoms with van der Waals surface area (Å²) in [4.78, 5) is 0. The Labute approximate surface area is 118 Å². The molecule has 2 rings (SSSR count). The third kappa shape index (κ3) is 2.89. The van der Waals surface area contributed by atoms with E-state index in [0.29, 0.717) is 0 Å². The molecule has 0 saturated heterocycles. The average molecular weight is 312 g/mol. The van der Waals surface area contributed by atoms with Crippen LogP contribution in [0.4, 0.5) is 0 Å². The zero-order valence-electron chi connectivity index (χ0n) is 11.5. The molecular formula is C15H22BrNO. The van der Waals surface area contributed by atoms with Crippen molar-refractivity contribution in [3.05, 3.63) is 27.7 Å². The van der Waals surface area contributed by atoms with Gasteiger partial charge in [0.1, 0.15) is 5.75 Å². The van der Waals surface area contributed by atoms with Crippen molar-refractivity contribution >= 4 is 15.9 Å². The summed E-state index contributed by atoms with van der Waals surface area (Å²) >= 11 is 3.62. The second kappa shape index (κ2) is 5.62. The monoisotopic (exact) mass is 311 g/mol. The van der Waals surface area contributed by atoms with Crippen molar-refractivity contribution < 1.29 is 4.74 Å². The lowest BCUT2D eigenvalue weighted by Gasteiger charge is -2.27. The molecule has 0 spiro atoms. The van der Waals surface area contributed by atoms with Crippen molar-refractivity contribution in [1.29, 1.82) is 0 Å². The van der Waals surface area contributed by atoms with Gasteiger partial charge in [0.05, 0.1) is 6.61 Å². The van der Waals surface area contributed by atoms with Crippen LogP contribution in [0.5, 0.6) is 5.75 Å². The van der Waals surface area contributed by atoms with Crippen LogP contribution >= 0.6 is 15.9 Å². The molecule has 1 aromatic carbocycles. The number of fused-ring (bicyclic) bond motifs is 1. The Hall–Kier alpha value is -0.540. The van der Waals surface area contributed by atoms with E-state index in [4.69, 9.17) is 4.74 Å². The van der Waals surface area contributed by atoms with Gasteiger partial charge in [-0.3, -0.25) is 0 Å². The number of halogens is 1. The van der Waals surface area contributed by atoms with Crippen molar-refractivity contribution in [2.45, 2.75) is 39.0 Å². The maximum absolute atomic E-state index is 5.84. The van der Waals surface area contributed by atoms with Crippen LogP contribution in [-0.4, -0.2) is 19.7 Å². The van der Waals surface area contributed by atoms with Gasteiger partial charge in [-0.25, -0.2) is 0 Å². The molecule has 0 fully saturated rings. The minimum Gasteiger partial charge on any atom is -0.493 e. The van der Waals surface area contributed by atoms with Gasteiger partial charge in [0.25, 0.3) is 0 Å². The van der Waals surface area contributed by atoms with E-state index in [9.17, 15) is 0 Å². The highest BCUT2D eigenvalue weighted by molar-refractivity contribution is 9.10. The number of hydrogen-bond donors (Lipinski definition) is 1. The molecule has 100 valence electrons. The molecule has 1 N–H and O–H groups in total. The summed E-state index contributed by atoms with van der Waals surface area (Å²) in [6, 6.07) is 4.41.